The molecule has 0 spiro atoms. The molecule has 98 valence electrons. The number of nitriles is 1. The van der Waals surface area contributed by atoms with Crippen LogP contribution < -0.4 is 0 Å². The number of aliphatic hydroxyl groups is 1. The molecule has 3 nitrogen and oxygen atoms in total. The summed E-state index contributed by atoms with van der Waals surface area (Å²) >= 11 is 0. The van der Waals surface area contributed by atoms with E-state index < -0.39 is 11.5 Å². The lowest BCUT2D eigenvalue weighted by atomic mass is 9.66. The first-order valence-electron chi connectivity index (χ1n) is 6.83. The van der Waals surface area contributed by atoms with Gasteiger partial charge in [0.15, 0.2) is 0 Å². The molecule has 3 heteroatoms. The summed E-state index contributed by atoms with van der Waals surface area (Å²) in [6.45, 7) is 2.20. The largest absolute Gasteiger partial charge is 0.472 e. The Balaban J connectivity index is 2.07. The SMILES string of the molecule is CCCC1CCC(C#N)(C(O)c2ccoc2)CC1. The summed E-state index contributed by atoms with van der Waals surface area (Å²) in [6.07, 6.45) is 8.50. The molecule has 1 aliphatic carbocycles. The minimum Gasteiger partial charge on any atom is -0.472 e. The van der Waals surface area contributed by atoms with Gasteiger partial charge in [-0.25, -0.2) is 0 Å². The molecule has 0 saturated heterocycles. The lowest BCUT2D eigenvalue weighted by molar-refractivity contribution is 0.0233. The van der Waals surface area contributed by atoms with Crippen LogP contribution in [0.15, 0.2) is 23.0 Å². The normalized spacial score (nSPS) is 29.7. The van der Waals surface area contributed by atoms with Gasteiger partial charge in [0.05, 0.1) is 24.0 Å². The fraction of sp³-hybridized carbons (Fsp3) is 0.667. The van der Waals surface area contributed by atoms with E-state index in [2.05, 4.69) is 13.0 Å². The van der Waals surface area contributed by atoms with E-state index in [1.165, 1.54) is 12.8 Å². The zero-order valence-electron chi connectivity index (χ0n) is 10.9. The fourth-order valence-electron chi connectivity index (χ4n) is 3.09. The summed E-state index contributed by atoms with van der Waals surface area (Å²) in [4.78, 5) is 0. The Hall–Kier alpha value is -1.27. The Labute approximate surface area is 108 Å². The Morgan fingerprint density at radius 1 is 1.56 bits per heavy atom. The van der Waals surface area contributed by atoms with Crippen LogP contribution in [0.25, 0.3) is 0 Å². The predicted octanol–water partition coefficient (Wildman–Crippen LogP) is 3.81. The third-order valence-electron chi connectivity index (χ3n) is 4.30. The van der Waals surface area contributed by atoms with Crippen LogP contribution in [0.5, 0.6) is 0 Å². The van der Waals surface area contributed by atoms with Gasteiger partial charge in [0, 0.05) is 5.56 Å². The van der Waals surface area contributed by atoms with Crippen LogP contribution in [-0.4, -0.2) is 5.11 Å². The first-order chi connectivity index (χ1) is 8.72. The highest BCUT2D eigenvalue weighted by atomic mass is 16.3. The van der Waals surface area contributed by atoms with Crippen LogP contribution in [0.1, 0.15) is 57.1 Å². The molecule has 1 aromatic heterocycles. The van der Waals surface area contributed by atoms with Crippen molar-refractivity contribution >= 4 is 0 Å². The first-order valence-corrected chi connectivity index (χ1v) is 6.83. The van der Waals surface area contributed by atoms with E-state index in [-0.39, 0.29) is 0 Å². The van der Waals surface area contributed by atoms with Crippen molar-refractivity contribution < 1.29 is 9.52 Å². The molecule has 0 aliphatic heterocycles. The standard InChI is InChI=1S/C15H21NO2/c1-2-3-12-4-7-15(11-16,8-5-12)14(17)13-6-9-18-10-13/h6,9-10,12,14,17H,2-5,7-8H2,1H3. The molecule has 1 fully saturated rings. The van der Waals surface area contributed by atoms with Crippen LogP contribution in [0, 0.1) is 22.7 Å². The average Bonchev–Trinajstić information content (AvgIpc) is 2.93. The van der Waals surface area contributed by atoms with Gasteiger partial charge in [0.2, 0.25) is 0 Å². The Kier molecular flexibility index (Phi) is 4.08. The molecule has 1 saturated carbocycles. The van der Waals surface area contributed by atoms with Crippen molar-refractivity contribution in [1.82, 2.24) is 0 Å². The van der Waals surface area contributed by atoms with Gasteiger partial charge < -0.3 is 9.52 Å². The number of aliphatic hydroxyl groups excluding tert-OH is 1. The molecular formula is C15H21NO2. The molecule has 0 amide bonds. The number of furan rings is 1. The molecule has 1 aromatic rings. The van der Waals surface area contributed by atoms with Gasteiger partial charge in [0.25, 0.3) is 0 Å². The molecule has 1 aliphatic rings. The highest BCUT2D eigenvalue weighted by molar-refractivity contribution is 5.19. The van der Waals surface area contributed by atoms with Crippen LogP contribution >= 0.6 is 0 Å². The van der Waals surface area contributed by atoms with Gasteiger partial charge in [-0.2, -0.15) is 5.26 Å². The Morgan fingerprint density at radius 2 is 2.28 bits per heavy atom. The summed E-state index contributed by atoms with van der Waals surface area (Å²) in [6, 6.07) is 4.13. The van der Waals surface area contributed by atoms with Crippen LogP contribution in [0.3, 0.4) is 0 Å². The van der Waals surface area contributed by atoms with Gasteiger partial charge in [-0.15, -0.1) is 0 Å². The van der Waals surface area contributed by atoms with Gasteiger partial charge in [-0.05, 0) is 37.7 Å². The molecule has 1 heterocycles. The lowest BCUT2D eigenvalue weighted by Gasteiger charge is -2.37. The summed E-state index contributed by atoms with van der Waals surface area (Å²) in [5.41, 5.74) is 0.110. The van der Waals surface area contributed by atoms with E-state index in [0.29, 0.717) is 0 Å². The van der Waals surface area contributed by atoms with Crippen LogP contribution in [0.4, 0.5) is 0 Å². The first kappa shape index (κ1) is 13.2. The molecule has 1 N–H and O–H groups in total. The molecule has 18 heavy (non-hydrogen) atoms. The predicted molar refractivity (Wildman–Crippen MR) is 68.6 cm³/mol. The van der Waals surface area contributed by atoms with Crippen molar-refractivity contribution in [3.63, 3.8) is 0 Å². The van der Waals surface area contributed by atoms with Crippen molar-refractivity contribution in [2.24, 2.45) is 11.3 Å². The zero-order valence-corrected chi connectivity index (χ0v) is 10.9. The van der Waals surface area contributed by atoms with Crippen molar-refractivity contribution in [2.45, 2.75) is 51.6 Å². The van der Waals surface area contributed by atoms with E-state index in [4.69, 9.17) is 4.42 Å². The maximum absolute atomic E-state index is 10.4. The second kappa shape index (κ2) is 5.58. The number of hydrogen-bond acceptors (Lipinski definition) is 3. The molecular weight excluding hydrogens is 226 g/mol. The fourth-order valence-corrected chi connectivity index (χ4v) is 3.09. The van der Waals surface area contributed by atoms with Gasteiger partial charge in [0.1, 0.15) is 6.10 Å². The van der Waals surface area contributed by atoms with Crippen molar-refractivity contribution in [2.75, 3.05) is 0 Å². The molecule has 0 aromatic carbocycles. The van der Waals surface area contributed by atoms with Crippen molar-refractivity contribution in [3.05, 3.63) is 24.2 Å². The zero-order chi connectivity index (χ0) is 13.0. The monoisotopic (exact) mass is 247 g/mol. The maximum atomic E-state index is 10.4. The highest BCUT2D eigenvalue weighted by Gasteiger charge is 2.42. The van der Waals surface area contributed by atoms with Gasteiger partial charge in [-0.3, -0.25) is 0 Å². The lowest BCUT2D eigenvalue weighted by Crippen LogP contribution is -2.32. The molecule has 1 atom stereocenters. The van der Waals surface area contributed by atoms with Crippen molar-refractivity contribution in [3.8, 4) is 6.07 Å². The smallest absolute Gasteiger partial charge is 0.101 e. The number of hydrogen-bond donors (Lipinski definition) is 1. The topological polar surface area (TPSA) is 57.2 Å². The third kappa shape index (κ3) is 2.44. The molecule has 0 bridgehead atoms. The van der Waals surface area contributed by atoms with Crippen LogP contribution in [-0.2, 0) is 0 Å². The molecule has 0 radical (unpaired) electrons. The van der Waals surface area contributed by atoms with Crippen molar-refractivity contribution in [1.29, 1.82) is 5.26 Å². The summed E-state index contributed by atoms with van der Waals surface area (Å²) < 4.78 is 5.01. The molecule has 2 rings (SSSR count). The van der Waals surface area contributed by atoms with E-state index in [1.807, 2.05) is 0 Å². The summed E-state index contributed by atoms with van der Waals surface area (Å²) in [7, 11) is 0. The summed E-state index contributed by atoms with van der Waals surface area (Å²) in [5.74, 6) is 0.730. The highest BCUT2D eigenvalue weighted by Crippen LogP contribution is 2.47. The third-order valence-corrected chi connectivity index (χ3v) is 4.30. The second-order valence-electron chi connectivity index (χ2n) is 5.46. The van der Waals surface area contributed by atoms with Gasteiger partial charge >= 0.3 is 0 Å². The van der Waals surface area contributed by atoms with Gasteiger partial charge in [-0.1, -0.05) is 19.8 Å². The Bertz CT molecular complexity index is 397. The minimum absolute atomic E-state index is 0.617. The van der Waals surface area contributed by atoms with E-state index in [0.717, 1.165) is 37.2 Å². The Morgan fingerprint density at radius 3 is 2.78 bits per heavy atom. The summed E-state index contributed by atoms with van der Waals surface area (Å²) in [5, 5.41) is 19.9. The maximum Gasteiger partial charge on any atom is 0.101 e. The van der Waals surface area contributed by atoms with E-state index in [1.54, 1.807) is 18.6 Å². The van der Waals surface area contributed by atoms with E-state index >= 15 is 0 Å². The second-order valence-corrected chi connectivity index (χ2v) is 5.46. The average molecular weight is 247 g/mol. The number of rotatable bonds is 4. The van der Waals surface area contributed by atoms with E-state index in [9.17, 15) is 10.4 Å². The minimum atomic E-state index is -0.719. The number of nitrogens with zero attached hydrogens (tertiary/aromatic N) is 1. The molecule has 1 unspecified atom stereocenters. The quantitative estimate of drug-likeness (QED) is 0.880. The van der Waals surface area contributed by atoms with Crippen LogP contribution in [0.2, 0.25) is 0 Å².